The zero-order valence-electron chi connectivity index (χ0n) is 11.0. The topological polar surface area (TPSA) is 49.3 Å². The van der Waals surface area contributed by atoms with Gasteiger partial charge in [0.15, 0.2) is 11.6 Å². The Morgan fingerprint density at radius 1 is 1.24 bits per heavy atom. The van der Waals surface area contributed by atoms with Crippen molar-refractivity contribution < 1.29 is 18.7 Å². The average molecular weight is 309 g/mol. The molecule has 2 rings (SSSR count). The molecule has 0 aliphatic carbocycles. The summed E-state index contributed by atoms with van der Waals surface area (Å²) in [5, 5.41) is 13.3. The number of thiophene rings is 1. The molecule has 0 fully saturated rings. The SMILES string of the molecule is O=C(/C=C/c1cc(CO)cs1)NCc1ccc(F)c(F)c1. The standard InChI is InChI=1S/C15H13F2NO2S/c16-13-3-1-10(6-14(13)17)7-18-15(20)4-2-12-5-11(8-19)9-21-12/h1-6,9,19H,7-8H2,(H,18,20)/b4-2+. The van der Waals surface area contributed by atoms with E-state index in [9.17, 15) is 13.6 Å². The number of hydrogen-bond acceptors (Lipinski definition) is 3. The summed E-state index contributed by atoms with van der Waals surface area (Å²) in [7, 11) is 0. The van der Waals surface area contributed by atoms with Crippen LogP contribution in [-0.4, -0.2) is 11.0 Å². The maximum absolute atomic E-state index is 13.0. The summed E-state index contributed by atoms with van der Waals surface area (Å²) in [6, 6.07) is 5.26. The zero-order chi connectivity index (χ0) is 15.2. The number of carbonyl (C=O) groups is 1. The van der Waals surface area contributed by atoms with Crippen molar-refractivity contribution in [3.63, 3.8) is 0 Å². The van der Waals surface area contributed by atoms with E-state index in [4.69, 9.17) is 5.11 Å². The van der Waals surface area contributed by atoms with Crippen LogP contribution < -0.4 is 5.32 Å². The van der Waals surface area contributed by atoms with E-state index in [0.717, 1.165) is 22.6 Å². The van der Waals surface area contributed by atoms with E-state index in [1.165, 1.54) is 23.5 Å². The van der Waals surface area contributed by atoms with Crippen molar-refractivity contribution in [2.24, 2.45) is 0 Å². The van der Waals surface area contributed by atoms with Crippen LogP contribution in [-0.2, 0) is 17.9 Å². The fraction of sp³-hybridized carbons (Fsp3) is 0.133. The molecule has 110 valence electrons. The first kappa shape index (κ1) is 15.3. The van der Waals surface area contributed by atoms with Crippen LogP contribution >= 0.6 is 11.3 Å². The Kier molecular flexibility index (Phi) is 5.19. The summed E-state index contributed by atoms with van der Waals surface area (Å²) in [5.74, 6) is -2.19. The van der Waals surface area contributed by atoms with Crippen molar-refractivity contribution in [1.82, 2.24) is 5.32 Å². The van der Waals surface area contributed by atoms with Gasteiger partial charge in [-0.1, -0.05) is 6.07 Å². The van der Waals surface area contributed by atoms with Crippen LogP contribution in [0.2, 0.25) is 0 Å². The van der Waals surface area contributed by atoms with Crippen molar-refractivity contribution in [3.05, 3.63) is 63.4 Å². The number of amides is 1. The highest BCUT2D eigenvalue weighted by Gasteiger charge is 2.03. The molecule has 0 saturated heterocycles. The molecule has 0 radical (unpaired) electrons. The Bertz CT molecular complexity index is 667. The van der Waals surface area contributed by atoms with Crippen molar-refractivity contribution in [2.45, 2.75) is 13.2 Å². The van der Waals surface area contributed by atoms with Crippen molar-refractivity contribution in [3.8, 4) is 0 Å². The van der Waals surface area contributed by atoms with Gasteiger partial charge in [0, 0.05) is 17.5 Å². The van der Waals surface area contributed by atoms with Crippen LogP contribution in [0.1, 0.15) is 16.0 Å². The van der Waals surface area contributed by atoms with Crippen LogP contribution in [0, 0.1) is 11.6 Å². The lowest BCUT2D eigenvalue weighted by Gasteiger charge is -2.03. The Balaban J connectivity index is 1.88. The summed E-state index contributed by atoms with van der Waals surface area (Å²) < 4.78 is 25.7. The van der Waals surface area contributed by atoms with Gasteiger partial charge >= 0.3 is 0 Å². The second kappa shape index (κ2) is 7.10. The highest BCUT2D eigenvalue weighted by atomic mass is 32.1. The molecule has 1 amide bonds. The summed E-state index contributed by atoms with van der Waals surface area (Å²) in [5.41, 5.74) is 1.27. The minimum Gasteiger partial charge on any atom is -0.392 e. The molecule has 1 aromatic carbocycles. The van der Waals surface area contributed by atoms with E-state index in [2.05, 4.69) is 5.32 Å². The Morgan fingerprint density at radius 3 is 2.71 bits per heavy atom. The molecule has 0 spiro atoms. The van der Waals surface area contributed by atoms with Crippen molar-refractivity contribution in [1.29, 1.82) is 0 Å². The predicted molar refractivity (Wildman–Crippen MR) is 77.5 cm³/mol. The van der Waals surface area contributed by atoms with Gasteiger partial charge in [-0.05, 0) is 40.8 Å². The normalized spacial score (nSPS) is 11.0. The van der Waals surface area contributed by atoms with E-state index < -0.39 is 11.6 Å². The second-order valence-electron chi connectivity index (χ2n) is 4.32. The minimum absolute atomic E-state index is 0.0351. The number of carbonyl (C=O) groups excluding carboxylic acids is 1. The van der Waals surface area contributed by atoms with E-state index in [1.807, 2.05) is 0 Å². The van der Waals surface area contributed by atoms with Gasteiger partial charge in [-0.2, -0.15) is 0 Å². The second-order valence-corrected chi connectivity index (χ2v) is 5.26. The van der Waals surface area contributed by atoms with E-state index >= 15 is 0 Å². The molecule has 3 nitrogen and oxygen atoms in total. The monoisotopic (exact) mass is 309 g/mol. The molecule has 0 saturated carbocycles. The number of halogens is 2. The lowest BCUT2D eigenvalue weighted by molar-refractivity contribution is -0.116. The fourth-order valence-electron chi connectivity index (χ4n) is 1.62. The molecule has 0 aliphatic heterocycles. The first-order valence-corrected chi connectivity index (χ1v) is 7.04. The van der Waals surface area contributed by atoms with Crippen LogP contribution in [0.15, 0.2) is 35.7 Å². The van der Waals surface area contributed by atoms with Crippen molar-refractivity contribution in [2.75, 3.05) is 0 Å². The smallest absolute Gasteiger partial charge is 0.244 e. The molecular weight excluding hydrogens is 296 g/mol. The van der Waals surface area contributed by atoms with Gasteiger partial charge in [-0.15, -0.1) is 11.3 Å². The fourth-order valence-corrected chi connectivity index (χ4v) is 2.42. The molecule has 1 heterocycles. The third-order valence-electron chi connectivity index (χ3n) is 2.71. The largest absolute Gasteiger partial charge is 0.392 e. The van der Waals surface area contributed by atoms with Gasteiger partial charge in [-0.3, -0.25) is 4.79 Å². The first-order valence-electron chi connectivity index (χ1n) is 6.16. The quantitative estimate of drug-likeness (QED) is 0.834. The Labute approximate surface area is 124 Å². The highest BCUT2D eigenvalue weighted by molar-refractivity contribution is 7.11. The lowest BCUT2D eigenvalue weighted by Crippen LogP contribution is -2.20. The van der Waals surface area contributed by atoms with Crippen LogP contribution in [0.5, 0.6) is 0 Å². The van der Waals surface area contributed by atoms with Gasteiger partial charge in [-0.25, -0.2) is 8.78 Å². The molecular formula is C15H13F2NO2S. The molecule has 0 bridgehead atoms. The highest BCUT2D eigenvalue weighted by Crippen LogP contribution is 2.16. The maximum Gasteiger partial charge on any atom is 0.244 e. The molecule has 0 atom stereocenters. The summed E-state index contributed by atoms with van der Waals surface area (Å²) in [6.07, 6.45) is 2.98. The predicted octanol–water partition coefficient (Wildman–Crippen LogP) is 2.85. The number of hydrogen-bond donors (Lipinski definition) is 2. The van der Waals surface area contributed by atoms with Crippen molar-refractivity contribution >= 4 is 23.3 Å². The molecule has 2 N–H and O–H groups in total. The average Bonchev–Trinajstić information content (AvgIpc) is 2.94. The van der Waals surface area contributed by atoms with E-state index in [1.54, 1.807) is 17.5 Å². The van der Waals surface area contributed by atoms with Gasteiger partial charge in [0.2, 0.25) is 5.91 Å². The number of aliphatic hydroxyl groups excluding tert-OH is 1. The lowest BCUT2D eigenvalue weighted by atomic mass is 10.2. The third-order valence-corrected chi connectivity index (χ3v) is 3.65. The molecule has 0 aliphatic rings. The molecule has 21 heavy (non-hydrogen) atoms. The van der Waals surface area contributed by atoms with Gasteiger partial charge < -0.3 is 10.4 Å². The van der Waals surface area contributed by atoms with E-state index in [-0.39, 0.29) is 19.1 Å². The van der Waals surface area contributed by atoms with Crippen LogP contribution in [0.4, 0.5) is 8.78 Å². The number of rotatable bonds is 5. The zero-order valence-corrected chi connectivity index (χ0v) is 11.8. The molecule has 0 unspecified atom stereocenters. The number of aliphatic hydroxyl groups is 1. The number of benzene rings is 1. The number of nitrogens with one attached hydrogen (secondary N) is 1. The Hall–Kier alpha value is -2.05. The van der Waals surface area contributed by atoms with Gasteiger partial charge in [0.05, 0.1) is 6.61 Å². The van der Waals surface area contributed by atoms with Crippen LogP contribution in [0.3, 0.4) is 0 Å². The third kappa shape index (κ3) is 4.47. The summed E-state index contributed by atoms with van der Waals surface area (Å²) in [4.78, 5) is 12.5. The summed E-state index contributed by atoms with van der Waals surface area (Å²) >= 11 is 1.42. The molecule has 6 heteroatoms. The van der Waals surface area contributed by atoms with E-state index in [0.29, 0.717) is 5.56 Å². The maximum atomic E-state index is 13.0. The van der Waals surface area contributed by atoms with Gasteiger partial charge in [0.25, 0.3) is 0 Å². The Morgan fingerprint density at radius 2 is 2.05 bits per heavy atom. The first-order chi connectivity index (χ1) is 10.1. The molecule has 2 aromatic rings. The van der Waals surface area contributed by atoms with Crippen LogP contribution in [0.25, 0.3) is 6.08 Å². The van der Waals surface area contributed by atoms with Gasteiger partial charge in [0.1, 0.15) is 0 Å². The minimum atomic E-state index is -0.938. The molecule has 1 aromatic heterocycles. The summed E-state index contributed by atoms with van der Waals surface area (Å²) in [6.45, 7) is 0.0827.